The van der Waals surface area contributed by atoms with Crippen LogP contribution in [-0.2, 0) is 11.8 Å². The van der Waals surface area contributed by atoms with Crippen molar-refractivity contribution in [1.82, 2.24) is 4.57 Å². The monoisotopic (exact) mass is 803 g/mol. The predicted molar refractivity (Wildman–Crippen MR) is 268 cm³/mol. The number of hydrogen-bond acceptors (Lipinski definition) is 0. The Balaban J connectivity index is 0.000000132. The van der Waals surface area contributed by atoms with E-state index in [1.807, 2.05) is 26.0 Å². The van der Waals surface area contributed by atoms with Crippen LogP contribution >= 0.6 is 0 Å². The third-order valence-electron chi connectivity index (χ3n) is 12.2. The molecule has 0 radical (unpaired) electrons. The second kappa shape index (κ2) is 18.8. The summed E-state index contributed by atoms with van der Waals surface area (Å²) in [6.45, 7) is 14.1. The van der Waals surface area contributed by atoms with E-state index in [9.17, 15) is 0 Å². The molecular weight excluding hydrogens is 747 g/mol. The number of para-hydroxylation sites is 2. The molecule has 2 aliphatic rings. The molecule has 0 unspecified atom stereocenters. The van der Waals surface area contributed by atoms with E-state index in [1.54, 1.807) is 0 Å². The average molecular weight is 804 g/mol. The lowest BCUT2D eigenvalue weighted by Gasteiger charge is -2.30. The minimum absolute atomic E-state index is 0.188. The summed E-state index contributed by atoms with van der Waals surface area (Å²) in [5.41, 5.74) is 20.1. The Labute approximate surface area is 369 Å². The fourth-order valence-corrected chi connectivity index (χ4v) is 9.52. The van der Waals surface area contributed by atoms with Crippen molar-refractivity contribution in [3.63, 3.8) is 0 Å². The lowest BCUT2D eigenvalue weighted by Crippen LogP contribution is -2.25. The number of fused-ring (bicyclic) bond motifs is 13. The third kappa shape index (κ3) is 7.76. The van der Waals surface area contributed by atoms with Crippen molar-refractivity contribution in [3.8, 4) is 27.9 Å². The van der Waals surface area contributed by atoms with Crippen molar-refractivity contribution >= 4 is 21.8 Å². The molecule has 0 fully saturated rings. The van der Waals surface area contributed by atoms with E-state index >= 15 is 0 Å². The Morgan fingerprint density at radius 3 is 1.61 bits per heavy atom. The van der Waals surface area contributed by atoms with Crippen molar-refractivity contribution < 1.29 is 0 Å². The first-order chi connectivity index (χ1) is 30.5. The fourth-order valence-electron chi connectivity index (χ4n) is 9.52. The molecule has 1 aromatic heterocycles. The quantitative estimate of drug-likeness (QED) is 0.117. The van der Waals surface area contributed by atoms with E-state index in [2.05, 4.69) is 226 Å². The molecule has 62 heavy (non-hydrogen) atoms. The van der Waals surface area contributed by atoms with E-state index in [-0.39, 0.29) is 5.41 Å². The molecule has 0 bridgehead atoms. The molecule has 0 aliphatic heterocycles. The number of aromatic nitrogens is 1. The van der Waals surface area contributed by atoms with Crippen molar-refractivity contribution in [2.45, 2.75) is 59.3 Å². The average Bonchev–Trinajstić information content (AvgIpc) is 3.92. The molecule has 2 aliphatic carbocycles. The minimum atomic E-state index is -0.188. The highest BCUT2D eigenvalue weighted by molar-refractivity contribution is 6.09. The maximum absolute atomic E-state index is 3.64. The van der Waals surface area contributed by atoms with E-state index in [0.29, 0.717) is 0 Å². The van der Waals surface area contributed by atoms with E-state index in [1.165, 1.54) is 107 Å². The molecule has 0 saturated heterocycles. The Hall–Kier alpha value is -6.96. The Kier molecular flexibility index (Phi) is 12.6. The van der Waals surface area contributed by atoms with E-state index < -0.39 is 0 Å². The highest BCUT2D eigenvalue weighted by Gasteiger charge is 2.51. The molecular formula is C61H57N. The van der Waals surface area contributed by atoms with Crippen LogP contribution in [0.1, 0.15) is 71.2 Å². The number of nitrogens with zero attached hydrogens (tertiary/aromatic N) is 1. The Bertz CT molecular complexity index is 2950. The number of benzene rings is 8. The molecule has 0 amide bonds. The van der Waals surface area contributed by atoms with Gasteiger partial charge in [-0.2, -0.15) is 0 Å². The van der Waals surface area contributed by atoms with Crippen molar-refractivity contribution in [2.75, 3.05) is 0 Å². The highest BCUT2D eigenvalue weighted by atomic mass is 15.0. The molecule has 11 rings (SSSR count). The van der Waals surface area contributed by atoms with Crippen LogP contribution in [0.3, 0.4) is 0 Å². The van der Waals surface area contributed by atoms with Gasteiger partial charge in [-0.1, -0.05) is 214 Å². The van der Waals surface area contributed by atoms with Gasteiger partial charge in [-0.3, -0.25) is 0 Å². The summed E-state index contributed by atoms with van der Waals surface area (Å²) in [6.07, 6.45) is 9.53. The molecule has 0 saturated carbocycles. The molecule has 1 heteroatoms. The summed E-state index contributed by atoms with van der Waals surface area (Å²) < 4.78 is 2.34. The topological polar surface area (TPSA) is 4.93 Å². The first-order valence-electron chi connectivity index (χ1n) is 22.3. The summed E-state index contributed by atoms with van der Waals surface area (Å²) in [5.74, 6) is 0. The second-order valence-corrected chi connectivity index (χ2v) is 16.2. The van der Waals surface area contributed by atoms with Crippen LogP contribution in [0.2, 0.25) is 0 Å². The largest absolute Gasteiger partial charge is 0.309 e. The number of allylic oxidation sites excluding steroid dienone is 3. The predicted octanol–water partition coefficient (Wildman–Crippen LogP) is 16.5. The number of rotatable bonds is 6. The van der Waals surface area contributed by atoms with Crippen LogP contribution in [0, 0.1) is 20.8 Å². The fraction of sp³-hybridized carbons (Fsp3) is 0.148. The van der Waals surface area contributed by atoms with E-state index in [4.69, 9.17) is 0 Å². The third-order valence-corrected chi connectivity index (χ3v) is 12.2. The Morgan fingerprint density at radius 2 is 0.968 bits per heavy atom. The van der Waals surface area contributed by atoms with Crippen LogP contribution in [0.4, 0.5) is 0 Å². The molecule has 9 aromatic rings. The maximum Gasteiger partial charge on any atom is 0.0725 e. The van der Waals surface area contributed by atoms with Gasteiger partial charge in [-0.05, 0) is 120 Å². The van der Waals surface area contributed by atoms with Crippen LogP contribution in [0.5, 0.6) is 0 Å². The SMILES string of the molecule is C=C/C=C\CCCc1ccc(C)cc1.CC.Cc1ccc2c(c1)-c1ccccc1C21c2ccccc2-c2ccccc21.Cc1ccc2c3ccccc3n(-c3ccccc3)c2c1. The molecule has 1 nitrogen and oxygen atoms in total. The van der Waals surface area contributed by atoms with Crippen LogP contribution in [0.25, 0.3) is 49.7 Å². The molecule has 8 aromatic carbocycles. The molecule has 306 valence electrons. The maximum atomic E-state index is 3.64. The van der Waals surface area contributed by atoms with E-state index in [0.717, 1.165) is 6.42 Å². The van der Waals surface area contributed by atoms with Gasteiger partial charge >= 0.3 is 0 Å². The molecule has 0 atom stereocenters. The van der Waals surface area contributed by atoms with Gasteiger partial charge in [0.05, 0.1) is 16.4 Å². The zero-order valence-corrected chi connectivity index (χ0v) is 36.9. The highest BCUT2D eigenvalue weighted by Crippen LogP contribution is 2.62. The van der Waals surface area contributed by atoms with Gasteiger partial charge in [-0.25, -0.2) is 0 Å². The van der Waals surface area contributed by atoms with Gasteiger partial charge in [0.15, 0.2) is 0 Å². The second-order valence-electron chi connectivity index (χ2n) is 16.2. The van der Waals surface area contributed by atoms with Gasteiger partial charge in [0.2, 0.25) is 0 Å². The zero-order valence-electron chi connectivity index (χ0n) is 36.9. The van der Waals surface area contributed by atoms with Gasteiger partial charge in [0.1, 0.15) is 0 Å². The van der Waals surface area contributed by atoms with Crippen molar-refractivity contribution in [1.29, 1.82) is 0 Å². The lowest BCUT2D eigenvalue weighted by atomic mass is 9.70. The Morgan fingerprint density at radius 1 is 0.468 bits per heavy atom. The first-order valence-corrected chi connectivity index (χ1v) is 22.3. The smallest absolute Gasteiger partial charge is 0.0725 e. The summed E-state index contributed by atoms with van der Waals surface area (Å²) in [5, 5.41) is 2.63. The number of aryl methyl sites for hydroxylation is 4. The molecule has 1 heterocycles. The minimum Gasteiger partial charge on any atom is -0.309 e. The summed E-state index contributed by atoms with van der Waals surface area (Å²) in [4.78, 5) is 0. The lowest BCUT2D eigenvalue weighted by molar-refractivity contribution is 0.793. The zero-order chi connectivity index (χ0) is 43.1. The summed E-state index contributed by atoms with van der Waals surface area (Å²) >= 11 is 0. The van der Waals surface area contributed by atoms with Crippen LogP contribution in [0.15, 0.2) is 213 Å². The van der Waals surface area contributed by atoms with Crippen LogP contribution < -0.4 is 0 Å². The summed E-state index contributed by atoms with van der Waals surface area (Å²) in [7, 11) is 0. The van der Waals surface area contributed by atoms with Gasteiger partial charge in [0.25, 0.3) is 0 Å². The van der Waals surface area contributed by atoms with Crippen molar-refractivity contribution in [2.24, 2.45) is 0 Å². The number of unbranched alkanes of at least 4 members (excludes halogenated alkanes) is 1. The van der Waals surface area contributed by atoms with Crippen LogP contribution in [-0.4, -0.2) is 4.57 Å². The van der Waals surface area contributed by atoms with Crippen molar-refractivity contribution in [3.05, 3.63) is 257 Å². The molecule has 0 N–H and O–H groups in total. The van der Waals surface area contributed by atoms with Gasteiger partial charge in [0, 0.05) is 16.5 Å². The normalized spacial score (nSPS) is 12.3. The van der Waals surface area contributed by atoms with Gasteiger partial charge in [-0.15, -0.1) is 0 Å². The van der Waals surface area contributed by atoms with Gasteiger partial charge < -0.3 is 4.57 Å². The number of hydrogen-bond donors (Lipinski definition) is 0. The molecule has 1 spiro atoms. The standard InChI is InChI=1S/C26H18.C19H15N.C14H18.C2H6/c1-17-14-15-25-21(16-17)20-10-4-7-13-24(20)26(25)22-11-5-2-8-18(22)19-9-3-6-12-23(19)26;1-14-11-12-17-16-9-5-6-10-18(16)20(19(17)13-14)15-7-3-2-4-8-15;1-3-4-5-6-7-8-14-11-9-13(2)10-12-14;1-2/h2-16H,1H3;2-13H,1H3;3-5,9-12H,1,6-8H2,2H3;1-2H3/b;;5-4-;. The summed E-state index contributed by atoms with van der Waals surface area (Å²) in [6, 6.07) is 68.4. The first kappa shape index (κ1) is 41.8.